The number of rotatable bonds is 13. The lowest BCUT2D eigenvalue weighted by atomic mass is 10.1. The molecule has 0 bridgehead atoms. The van der Waals surface area contributed by atoms with Crippen molar-refractivity contribution < 1.29 is 4.79 Å². The molecule has 2 aromatic heterocycles. The Morgan fingerprint density at radius 1 is 0.815 bits per heavy atom. The van der Waals surface area contributed by atoms with Gasteiger partial charge in [-0.3, -0.25) is 14.8 Å². The van der Waals surface area contributed by atoms with Crippen molar-refractivity contribution in [2.24, 2.45) is 0 Å². The average molecular weight is 386 g/mol. The van der Waals surface area contributed by atoms with Gasteiger partial charge in [0.2, 0.25) is 5.91 Å². The number of nitrogens with one attached hydrogen (secondary N) is 1. The first-order valence-corrected chi connectivity index (χ1v) is 10.7. The maximum absolute atomic E-state index is 12.4. The largest absolute Gasteiger partial charge is 0.342 e. The van der Waals surface area contributed by atoms with Crippen molar-refractivity contribution in [1.82, 2.24) is 15.3 Å². The summed E-state index contributed by atoms with van der Waals surface area (Å²) < 4.78 is 0. The molecule has 0 fully saturated rings. The summed E-state index contributed by atoms with van der Waals surface area (Å²) in [6, 6.07) is 11.2. The van der Waals surface area contributed by atoms with Crippen molar-refractivity contribution in [1.29, 1.82) is 0 Å². The first-order chi connectivity index (χ1) is 13.3. The van der Waals surface area contributed by atoms with Crippen molar-refractivity contribution in [2.45, 2.75) is 63.8 Å². The van der Waals surface area contributed by atoms with Gasteiger partial charge in [0, 0.05) is 18.8 Å². The molecule has 0 aliphatic rings. The number of hydrogen-bond acceptors (Lipinski definition) is 4. The van der Waals surface area contributed by atoms with Crippen LogP contribution in [0.15, 0.2) is 48.8 Å². The van der Waals surface area contributed by atoms with Crippen LogP contribution < -0.4 is 5.32 Å². The van der Waals surface area contributed by atoms with Crippen LogP contribution in [0.25, 0.3) is 0 Å². The van der Waals surface area contributed by atoms with E-state index in [0.717, 1.165) is 30.0 Å². The summed E-state index contributed by atoms with van der Waals surface area (Å²) in [4.78, 5) is 21.2. The second kappa shape index (κ2) is 13.3. The molecule has 2 aromatic rings. The molecule has 0 atom stereocenters. The second-order valence-electron chi connectivity index (χ2n) is 6.81. The molecule has 0 aromatic carbocycles. The Morgan fingerprint density at radius 3 is 1.81 bits per heavy atom. The van der Waals surface area contributed by atoms with E-state index in [1.807, 2.05) is 36.4 Å². The second-order valence-corrected chi connectivity index (χ2v) is 7.26. The number of pyridine rings is 2. The lowest BCUT2D eigenvalue weighted by molar-refractivity contribution is -0.121. The smallest absolute Gasteiger partial charge is 0.220 e. The van der Waals surface area contributed by atoms with Crippen molar-refractivity contribution in [3.63, 3.8) is 0 Å². The summed E-state index contributed by atoms with van der Waals surface area (Å²) in [5.74, 6) is 1.05. The molecule has 0 unspecified atom stereocenters. The minimum Gasteiger partial charge on any atom is -0.342 e. The molecule has 0 radical (unpaired) electrons. The van der Waals surface area contributed by atoms with Crippen molar-refractivity contribution in [3.8, 4) is 0 Å². The molecule has 1 amide bonds. The van der Waals surface area contributed by atoms with Gasteiger partial charge in [-0.05, 0) is 42.9 Å². The molecule has 1 N–H and O–H groups in total. The number of unbranched alkanes of at least 4 members (excludes halogenated alkanes) is 7. The standard InChI is InChI=1S/C22H31N3OS/c26-21(15-7-5-3-1-2-4-6-12-18-27)25-22(19-13-8-10-16-23-19)20-14-9-11-17-24-20/h8-11,13-14,16-17,22,27H,1-7,12,15,18H2,(H,25,26). The quantitative estimate of drug-likeness (QED) is 0.371. The monoisotopic (exact) mass is 385 g/mol. The fraction of sp³-hybridized carbons (Fsp3) is 0.500. The highest BCUT2D eigenvalue weighted by molar-refractivity contribution is 7.80. The first kappa shape index (κ1) is 21.4. The van der Waals surface area contributed by atoms with Crippen LogP contribution in [0.2, 0.25) is 0 Å². The minimum atomic E-state index is -0.299. The van der Waals surface area contributed by atoms with E-state index in [9.17, 15) is 4.79 Å². The van der Waals surface area contributed by atoms with E-state index >= 15 is 0 Å². The molecule has 27 heavy (non-hydrogen) atoms. The van der Waals surface area contributed by atoms with Gasteiger partial charge in [0.05, 0.1) is 11.4 Å². The van der Waals surface area contributed by atoms with Gasteiger partial charge in [0.1, 0.15) is 6.04 Å². The van der Waals surface area contributed by atoms with Crippen LogP contribution >= 0.6 is 12.6 Å². The van der Waals surface area contributed by atoms with Gasteiger partial charge in [-0.1, -0.05) is 50.7 Å². The molecular formula is C22H31N3OS. The van der Waals surface area contributed by atoms with Crippen LogP contribution in [0.5, 0.6) is 0 Å². The fourth-order valence-corrected chi connectivity index (χ4v) is 3.31. The molecule has 0 saturated heterocycles. The van der Waals surface area contributed by atoms with Crippen LogP contribution in [0, 0.1) is 0 Å². The normalized spacial score (nSPS) is 10.9. The van der Waals surface area contributed by atoms with Crippen LogP contribution in [-0.4, -0.2) is 21.6 Å². The summed E-state index contributed by atoms with van der Waals surface area (Å²) in [6.07, 6.45) is 13.6. The molecule has 0 aliphatic carbocycles. The predicted molar refractivity (Wildman–Crippen MR) is 114 cm³/mol. The number of nitrogens with zero attached hydrogens (tertiary/aromatic N) is 2. The summed E-state index contributed by atoms with van der Waals surface area (Å²) in [7, 11) is 0. The number of amides is 1. The van der Waals surface area contributed by atoms with Crippen molar-refractivity contribution in [3.05, 3.63) is 60.2 Å². The Balaban J connectivity index is 1.73. The van der Waals surface area contributed by atoms with Gasteiger partial charge in [0.15, 0.2) is 0 Å². The number of carbonyl (C=O) groups excluding carboxylic acids is 1. The molecule has 0 aliphatic heterocycles. The van der Waals surface area contributed by atoms with Crippen molar-refractivity contribution >= 4 is 18.5 Å². The Morgan fingerprint density at radius 2 is 1.33 bits per heavy atom. The maximum Gasteiger partial charge on any atom is 0.220 e. The van der Waals surface area contributed by atoms with E-state index in [-0.39, 0.29) is 11.9 Å². The Kier molecular flexibility index (Phi) is 10.6. The number of thiol groups is 1. The van der Waals surface area contributed by atoms with E-state index in [0.29, 0.717) is 6.42 Å². The minimum absolute atomic E-state index is 0.0603. The van der Waals surface area contributed by atoms with Crippen LogP contribution in [0.1, 0.15) is 75.2 Å². The highest BCUT2D eigenvalue weighted by Gasteiger charge is 2.18. The predicted octanol–water partition coefficient (Wildman–Crippen LogP) is 5.12. The molecule has 0 saturated carbocycles. The third kappa shape index (κ3) is 8.57. The summed E-state index contributed by atoms with van der Waals surface area (Å²) in [5, 5.41) is 3.10. The molecule has 0 spiro atoms. The lowest BCUT2D eigenvalue weighted by Gasteiger charge is -2.18. The zero-order valence-electron chi connectivity index (χ0n) is 16.0. The number of aromatic nitrogens is 2. The third-order valence-electron chi connectivity index (χ3n) is 4.58. The van der Waals surface area contributed by atoms with E-state index in [1.54, 1.807) is 12.4 Å². The van der Waals surface area contributed by atoms with Gasteiger partial charge >= 0.3 is 0 Å². The summed E-state index contributed by atoms with van der Waals surface area (Å²) in [5.41, 5.74) is 1.62. The Labute approximate surface area is 168 Å². The van der Waals surface area contributed by atoms with Gasteiger partial charge in [-0.2, -0.15) is 12.6 Å². The molecular weight excluding hydrogens is 354 g/mol. The molecule has 5 heteroatoms. The zero-order chi connectivity index (χ0) is 19.2. The van der Waals surface area contributed by atoms with E-state index in [4.69, 9.17) is 0 Å². The van der Waals surface area contributed by atoms with Crippen LogP contribution in [-0.2, 0) is 4.79 Å². The van der Waals surface area contributed by atoms with Crippen LogP contribution in [0.4, 0.5) is 0 Å². The fourth-order valence-electron chi connectivity index (χ4n) is 3.08. The summed E-state index contributed by atoms with van der Waals surface area (Å²) >= 11 is 4.24. The highest BCUT2D eigenvalue weighted by Crippen LogP contribution is 2.18. The summed E-state index contributed by atoms with van der Waals surface area (Å²) in [6.45, 7) is 0. The lowest BCUT2D eigenvalue weighted by Crippen LogP contribution is -2.30. The topological polar surface area (TPSA) is 54.9 Å². The number of carbonyl (C=O) groups is 1. The highest BCUT2D eigenvalue weighted by atomic mass is 32.1. The molecule has 2 rings (SSSR count). The van der Waals surface area contributed by atoms with E-state index in [2.05, 4.69) is 27.9 Å². The Hall–Kier alpha value is -1.88. The Bertz CT molecular complexity index is 597. The molecule has 2 heterocycles. The molecule has 4 nitrogen and oxygen atoms in total. The molecule has 146 valence electrons. The number of hydrogen-bond donors (Lipinski definition) is 2. The first-order valence-electron chi connectivity index (χ1n) is 10.0. The third-order valence-corrected chi connectivity index (χ3v) is 4.90. The van der Waals surface area contributed by atoms with Gasteiger partial charge in [-0.25, -0.2) is 0 Å². The maximum atomic E-state index is 12.4. The average Bonchev–Trinajstić information content (AvgIpc) is 2.72. The van der Waals surface area contributed by atoms with Gasteiger partial charge < -0.3 is 5.32 Å². The van der Waals surface area contributed by atoms with E-state index in [1.165, 1.54) is 38.5 Å². The van der Waals surface area contributed by atoms with Gasteiger partial charge in [-0.15, -0.1) is 0 Å². The zero-order valence-corrected chi connectivity index (χ0v) is 16.9. The van der Waals surface area contributed by atoms with Crippen molar-refractivity contribution in [2.75, 3.05) is 5.75 Å². The van der Waals surface area contributed by atoms with E-state index < -0.39 is 0 Å². The van der Waals surface area contributed by atoms with Gasteiger partial charge in [0.25, 0.3) is 0 Å². The van der Waals surface area contributed by atoms with Crippen LogP contribution in [0.3, 0.4) is 0 Å². The SMILES string of the molecule is O=C(CCCCCCCCCCS)NC(c1ccccn1)c1ccccn1.